The van der Waals surface area contributed by atoms with Crippen molar-refractivity contribution in [1.82, 2.24) is 0 Å². The maximum Gasteiger partial charge on any atom is 0.256 e. The van der Waals surface area contributed by atoms with Crippen molar-refractivity contribution in [2.75, 3.05) is 11.9 Å². The first-order valence-electron chi connectivity index (χ1n) is 7.19. The largest absolute Gasteiger partial charge is 0.490 e. The molecule has 1 aliphatic heterocycles. The van der Waals surface area contributed by atoms with Crippen molar-refractivity contribution in [2.24, 2.45) is 0 Å². The van der Waals surface area contributed by atoms with Gasteiger partial charge in [-0.2, -0.15) is 0 Å². The first kappa shape index (κ1) is 14.8. The SMILES string of the molecule is C=CCOc1ccc(C(=O)/C=C2\C(=O)Nc3ccccc32)cc1. The number of anilines is 1. The van der Waals surface area contributed by atoms with E-state index in [-0.39, 0.29) is 11.7 Å². The van der Waals surface area contributed by atoms with E-state index in [1.54, 1.807) is 30.3 Å². The van der Waals surface area contributed by atoms with Crippen molar-refractivity contribution in [3.8, 4) is 5.75 Å². The zero-order chi connectivity index (χ0) is 16.2. The van der Waals surface area contributed by atoms with Crippen LogP contribution in [0.3, 0.4) is 0 Å². The number of para-hydroxylation sites is 1. The van der Waals surface area contributed by atoms with E-state index >= 15 is 0 Å². The number of hydrogen-bond donors (Lipinski definition) is 1. The lowest BCUT2D eigenvalue weighted by Crippen LogP contribution is -2.06. The van der Waals surface area contributed by atoms with Gasteiger partial charge in [-0.25, -0.2) is 0 Å². The molecule has 1 heterocycles. The van der Waals surface area contributed by atoms with Gasteiger partial charge in [-0.3, -0.25) is 9.59 Å². The summed E-state index contributed by atoms with van der Waals surface area (Å²) in [6, 6.07) is 14.1. The van der Waals surface area contributed by atoms with Crippen LogP contribution < -0.4 is 10.1 Å². The summed E-state index contributed by atoms with van der Waals surface area (Å²) in [5, 5.41) is 2.75. The topological polar surface area (TPSA) is 55.4 Å². The van der Waals surface area contributed by atoms with E-state index in [1.165, 1.54) is 6.08 Å². The molecular weight excluding hydrogens is 290 g/mol. The first-order chi connectivity index (χ1) is 11.2. The molecule has 0 radical (unpaired) electrons. The Balaban J connectivity index is 1.84. The van der Waals surface area contributed by atoms with Gasteiger partial charge in [0.05, 0.1) is 5.57 Å². The van der Waals surface area contributed by atoms with Crippen LogP contribution >= 0.6 is 0 Å². The maximum atomic E-state index is 12.4. The highest BCUT2D eigenvalue weighted by Gasteiger charge is 2.24. The molecule has 1 aliphatic rings. The fourth-order valence-electron chi connectivity index (χ4n) is 2.37. The highest BCUT2D eigenvalue weighted by Crippen LogP contribution is 2.31. The van der Waals surface area contributed by atoms with Crippen LogP contribution in [0.4, 0.5) is 5.69 Å². The molecule has 0 atom stereocenters. The lowest BCUT2D eigenvalue weighted by atomic mass is 10.0. The summed E-state index contributed by atoms with van der Waals surface area (Å²) < 4.78 is 5.38. The van der Waals surface area contributed by atoms with Crippen molar-refractivity contribution in [3.63, 3.8) is 0 Å². The van der Waals surface area contributed by atoms with Crippen LogP contribution in [0.1, 0.15) is 15.9 Å². The molecule has 1 N–H and O–H groups in total. The Bertz CT molecular complexity index is 804. The van der Waals surface area contributed by atoms with Gasteiger partial charge in [0, 0.05) is 16.8 Å². The number of ether oxygens (including phenoxy) is 1. The van der Waals surface area contributed by atoms with Gasteiger partial charge in [0.1, 0.15) is 12.4 Å². The molecule has 0 fully saturated rings. The molecule has 0 spiro atoms. The minimum atomic E-state index is -0.259. The summed E-state index contributed by atoms with van der Waals surface area (Å²) in [7, 11) is 0. The lowest BCUT2D eigenvalue weighted by Gasteiger charge is -2.03. The second-order valence-electron chi connectivity index (χ2n) is 5.05. The second-order valence-corrected chi connectivity index (χ2v) is 5.05. The van der Waals surface area contributed by atoms with Gasteiger partial charge in [-0.1, -0.05) is 30.9 Å². The molecule has 4 nitrogen and oxygen atoms in total. The number of ketones is 1. The number of rotatable bonds is 5. The summed E-state index contributed by atoms with van der Waals surface area (Å²) in [5.74, 6) is 0.186. The fraction of sp³-hybridized carbons (Fsp3) is 0.0526. The molecule has 0 saturated heterocycles. The van der Waals surface area contributed by atoms with Gasteiger partial charge in [0.15, 0.2) is 5.78 Å². The number of amides is 1. The third-order valence-electron chi connectivity index (χ3n) is 3.49. The maximum absolute atomic E-state index is 12.4. The number of fused-ring (bicyclic) bond motifs is 1. The Morgan fingerprint density at radius 3 is 2.61 bits per heavy atom. The van der Waals surface area contributed by atoms with Crippen LogP contribution in [-0.4, -0.2) is 18.3 Å². The van der Waals surface area contributed by atoms with Crippen LogP contribution in [-0.2, 0) is 4.79 Å². The molecule has 0 bridgehead atoms. The van der Waals surface area contributed by atoms with Crippen LogP contribution in [0.15, 0.2) is 67.3 Å². The summed E-state index contributed by atoms with van der Waals surface area (Å²) >= 11 is 0. The molecular formula is C19H15NO3. The minimum absolute atomic E-state index is 0.220. The Morgan fingerprint density at radius 2 is 1.87 bits per heavy atom. The van der Waals surface area contributed by atoms with Crippen LogP contribution in [0.25, 0.3) is 5.57 Å². The molecule has 1 amide bonds. The third-order valence-corrected chi connectivity index (χ3v) is 3.49. The summed E-state index contributed by atoms with van der Waals surface area (Å²) in [4.78, 5) is 24.4. The summed E-state index contributed by atoms with van der Waals surface area (Å²) in [6.07, 6.45) is 3.03. The van der Waals surface area contributed by atoms with E-state index in [2.05, 4.69) is 11.9 Å². The van der Waals surface area contributed by atoms with E-state index in [1.807, 2.05) is 24.3 Å². The third kappa shape index (κ3) is 3.06. The van der Waals surface area contributed by atoms with E-state index in [4.69, 9.17) is 4.74 Å². The van der Waals surface area contributed by atoms with Crippen molar-refractivity contribution >= 4 is 23.0 Å². The first-order valence-corrected chi connectivity index (χ1v) is 7.19. The fourth-order valence-corrected chi connectivity index (χ4v) is 2.37. The van der Waals surface area contributed by atoms with E-state index in [0.29, 0.717) is 23.5 Å². The number of benzene rings is 2. The van der Waals surface area contributed by atoms with Crippen LogP contribution in [0.5, 0.6) is 5.75 Å². The van der Waals surface area contributed by atoms with Gasteiger partial charge < -0.3 is 10.1 Å². The molecule has 0 aliphatic carbocycles. The van der Waals surface area contributed by atoms with E-state index in [9.17, 15) is 9.59 Å². The van der Waals surface area contributed by atoms with Crippen LogP contribution in [0.2, 0.25) is 0 Å². The zero-order valence-corrected chi connectivity index (χ0v) is 12.4. The summed E-state index contributed by atoms with van der Waals surface area (Å²) in [6.45, 7) is 3.99. The number of carbonyl (C=O) groups excluding carboxylic acids is 2. The number of carbonyl (C=O) groups is 2. The molecule has 0 saturated carbocycles. The van der Waals surface area contributed by atoms with Gasteiger partial charge in [0.2, 0.25) is 0 Å². The Hall–Kier alpha value is -3.14. The smallest absolute Gasteiger partial charge is 0.256 e. The van der Waals surface area contributed by atoms with Crippen molar-refractivity contribution in [3.05, 3.63) is 78.4 Å². The highest BCUT2D eigenvalue weighted by molar-refractivity contribution is 6.35. The normalized spacial score (nSPS) is 14.3. The minimum Gasteiger partial charge on any atom is -0.490 e. The molecule has 0 aromatic heterocycles. The molecule has 2 aromatic carbocycles. The van der Waals surface area contributed by atoms with Gasteiger partial charge in [-0.05, 0) is 36.4 Å². The molecule has 23 heavy (non-hydrogen) atoms. The number of allylic oxidation sites excluding steroid dienone is 1. The summed E-state index contributed by atoms with van der Waals surface area (Å²) in [5.41, 5.74) is 2.36. The number of nitrogens with one attached hydrogen (secondary N) is 1. The van der Waals surface area contributed by atoms with Gasteiger partial charge >= 0.3 is 0 Å². The predicted molar refractivity (Wildman–Crippen MR) is 89.5 cm³/mol. The molecule has 3 rings (SSSR count). The van der Waals surface area contributed by atoms with E-state index in [0.717, 1.165) is 11.3 Å². The standard InChI is InChI=1S/C19H15NO3/c1-2-11-23-14-9-7-13(8-10-14)18(21)12-16-15-5-3-4-6-17(15)20-19(16)22/h2-10,12H,1,11H2,(H,20,22)/b16-12-. The quantitative estimate of drug-likeness (QED) is 0.523. The second kappa shape index (κ2) is 6.32. The van der Waals surface area contributed by atoms with Gasteiger partial charge in [-0.15, -0.1) is 0 Å². The lowest BCUT2D eigenvalue weighted by molar-refractivity contribution is -0.110. The van der Waals surface area contributed by atoms with Crippen molar-refractivity contribution < 1.29 is 14.3 Å². The van der Waals surface area contributed by atoms with Gasteiger partial charge in [0.25, 0.3) is 5.91 Å². The van der Waals surface area contributed by atoms with Crippen LogP contribution in [0, 0.1) is 0 Å². The number of hydrogen-bond acceptors (Lipinski definition) is 3. The Kier molecular flexibility index (Phi) is 4.06. The van der Waals surface area contributed by atoms with E-state index < -0.39 is 0 Å². The Morgan fingerprint density at radius 1 is 1.13 bits per heavy atom. The highest BCUT2D eigenvalue weighted by atomic mass is 16.5. The monoisotopic (exact) mass is 305 g/mol. The van der Waals surface area contributed by atoms with Crippen molar-refractivity contribution in [2.45, 2.75) is 0 Å². The molecule has 2 aromatic rings. The Labute approximate surface area is 134 Å². The molecule has 4 heteroatoms. The zero-order valence-electron chi connectivity index (χ0n) is 12.4. The average molecular weight is 305 g/mol. The molecule has 114 valence electrons. The molecule has 0 unspecified atom stereocenters. The average Bonchev–Trinajstić information content (AvgIpc) is 2.89. The predicted octanol–water partition coefficient (Wildman–Crippen LogP) is 3.47. The van der Waals surface area contributed by atoms with Crippen molar-refractivity contribution in [1.29, 1.82) is 0 Å².